The van der Waals surface area contributed by atoms with Gasteiger partial charge >= 0.3 is 0 Å². The fourth-order valence-corrected chi connectivity index (χ4v) is 3.04. The van der Waals surface area contributed by atoms with Crippen LogP contribution in [-0.4, -0.2) is 33.3 Å². The van der Waals surface area contributed by atoms with E-state index in [4.69, 9.17) is 0 Å². The SMILES string of the molecule is Cn1ncc2c(NC3CCN(c4ccccc4)C3=O)ccnc21. The van der Waals surface area contributed by atoms with E-state index < -0.39 is 0 Å². The van der Waals surface area contributed by atoms with Crippen LogP contribution in [0.25, 0.3) is 11.0 Å². The first-order chi connectivity index (χ1) is 11.2. The average Bonchev–Trinajstić information content (AvgIpc) is 3.13. The number of nitrogens with one attached hydrogen (secondary N) is 1. The highest BCUT2D eigenvalue weighted by Crippen LogP contribution is 2.26. The molecule has 1 fully saturated rings. The summed E-state index contributed by atoms with van der Waals surface area (Å²) >= 11 is 0. The summed E-state index contributed by atoms with van der Waals surface area (Å²) in [6.07, 6.45) is 4.29. The minimum absolute atomic E-state index is 0.102. The van der Waals surface area contributed by atoms with Gasteiger partial charge in [0.2, 0.25) is 5.91 Å². The lowest BCUT2D eigenvalue weighted by molar-refractivity contribution is -0.117. The summed E-state index contributed by atoms with van der Waals surface area (Å²) in [4.78, 5) is 18.8. The Hall–Kier alpha value is -2.89. The molecule has 3 heterocycles. The number of aryl methyl sites for hydroxylation is 1. The maximum absolute atomic E-state index is 12.7. The van der Waals surface area contributed by atoms with Gasteiger partial charge in [0.15, 0.2) is 5.65 Å². The number of carbonyl (C=O) groups is 1. The van der Waals surface area contributed by atoms with Crippen molar-refractivity contribution in [2.45, 2.75) is 12.5 Å². The molecule has 1 amide bonds. The zero-order valence-corrected chi connectivity index (χ0v) is 12.8. The molecule has 6 heteroatoms. The first-order valence-corrected chi connectivity index (χ1v) is 7.64. The van der Waals surface area contributed by atoms with Crippen molar-refractivity contribution in [1.29, 1.82) is 0 Å². The standard InChI is InChI=1S/C17H17N5O/c1-21-16-13(11-19-21)14(7-9-18-16)20-15-8-10-22(17(15)23)12-5-3-2-4-6-12/h2-7,9,11,15H,8,10H2,1H3,(H,18,20). The van der Waals surface area contributed by atoms with E-state index in [0.29, 0.717) is 0 Å². The topological polar surface area (TPSA) is 63.1 Å². The van der Waals surface area contributed by atoms with Gasteiger partial charge in [-0.25, -0.2) is 4.98 Å². The molecule has 1 N–H and O–H groups in total. The van der Waals surface area contributed by atoms with Crippen LogP contribution in [0.1, 0.15) is 6.42 Å². The molecule has 2 aromatic heterocycles. The summed E-state index contributed by atoms with van der Waals surface area (Å²) in [6, 6.07) is 11.5. The molecule has 1 aromatic carbocycles. The second-order valence-electron chi connectivity index (χ2n) is 5.67. The lowest BCUT2D eigenvalue weighted by Crippen LogP contribution is -2.33. The van der Waals surface area contributed by atoms with E-state index in [9.17, 15) is 4.79 Å². The zero-order valence-electron chi connectivity index (χ0n) is 12.8. The molecule has 23 heavy (non-hydrogen) atoms. The largest absolute Gasteiger partial charge is 0.373 e. The monoisotopic (exact) mass is 307 g/mol. The number of carbonyl (C=O) groups excluding carboxylic acids is 1. The maximum Gasteiger partial charge on any atom is 0.249 e. The molecule has 1 saturated heterocycles. The molecule has 1 unspecified atom stereocenters. The van der Waals surface area contributed by atoms with Crippen LogP contribution in [0.2, 0.25) is 0 Å². The van der Waals surface area contributed by atoms with Crippen molar-refractivity contribution in [3.8, 4) is 0 Å². The Kier molecular flexibility index (Phi) is 3.22. The lowest BCUT2D eigenvalue weighted by atomic mass is 10.2. The summed E-state index contributed by atoms with van der Waals surface area (Å²) in [7, 11) is 1.86. The molecule has 1 atom stereocenters. The molecule has 0 radical (unpaired) electrons. The average molecular weight is 307 g/mol. The molecule has 4 rings (SSSR count). The number of para-hydroxylation sites is 1. The van der Waals surface area contributed by atoms with E-state index in [-0.39, 0.29) is 11.9 Å². The van der Waals surface area contributed by atoms with E-state index in [1.807, 2.05) is 48.3 Å². The van der Waals surface area contributed by atoms with Crippen molar-refractivity contribution in [3.05, 3.63) is 48.8 Å². The van der Waals surface area contributed by atoms with Gasteiger partial charge in [-0.05, 0) is 24.6 Å². The molecule has 0 bridgehead atoms. The predicted molar refractivity (Wildman–Crippen MR) is 89.3 cm³/mol. The number of hydrogen-bond acceptors (Lipinski definition) is 4. The van der Waals surface area contributed by atoms with Crippen LogP contribution in [0.15, 0.2) is 48.8 Å². The van der Waals surface area contributed by atoms with Crippen molar-refractivity contribution in [1.82, 2.24) is 14.8 Å². The zero-order chi connectivity index (χ0) is 15.8. The molecule has 116 valence electrons. The van der Waals surface area contributed by atoms with Gasteiger partial charge < -0.3 is 10.2 Å². The van der Waals surface area contributed by atoms with Crippen LogP contribution in [0.5, 0.6) is 0 Å². The highest BCUT2D eigenvalue weighted by molar-refractivity contribution is 6.02. The van der Waals surface area contributed by atoms with Gasteiger partial charge in [-0.3, -0.25) is 9.48 Å². The van der Waals surface area contributed by atoms with Crippen LogP contribution in [0.4, 0.5) is 11.4 Å². The Morgan fingerprint density at radius 1 is 1.22 bits per heavy atom. The predicted octanol–water partition coefficient (Wildman–Crippen LogP) is 2.19. The van der Waals surface area contributed by atoms with Gasteiger partial charge in [0.1, 0.15) is 6.04 Å². The van der Waals surface area contributed by atoms with Gasteiger partial charge in [0, 0.05) is 31.2 Å². The summed E-state index contributed by atoms with van der Waals surface area (Å²) in [5, 5.41) is 8.52. The Morgan fingerprint density at radius 2 is 2.04 bits per heavy atom. The first-order valence-electron chi connectivity index (χ1n) is 7.64. The van der Waals surface area contributed by atoms with Gasteiger partial charge in [-0.2, -0.15) is 5.10 Å². The molecule has 3 aromatic rings. The molecule has 6 nitrogen and oxygen atoms in total. The van der Waals surface area contributed by atoms with Crippen molar-refractivity contribution in [3.63, 3.8) is 0 Å². The second-order valence-corrected chi connectivity index (χ2v) is 5.67. The molecule has 0 aliphatic carbocycles. The van der Waals surface area contributed by atoms with Gasteiger partial charge in [-0.15, -0.1) is 0 Å². The number of rotatable bonds is 3. The van der Waals surface area contributed by atoms with Gasteiger partial charge in [0.25, 0.3) is 0 Å². The number of fused-ring (bicyclic) bond motifs is 1. The molecule has 0 saturated carbocycles. The quantitative estimate of drug-likeness (QED) is 0.805. The van der Waals surface area contributed by atoms with Gasteiger partial charge in [0.05, 0.1) is 11.6 Å². The van der Waals surface area contributed by atoms with Crippen molar-refractivity contribution >= 4 is 28.3 Å². The number of anilines is 2. The van der Waals surface area contributed by atoms with E-state index >= 15 is 0 Å². The van der Waals surface area contributed by atoms with E-state index in [1.54, 1.807) is 17.1 Å². The summed E-state index contributed by atoms with van der Waals surface area (Å²) in [5.41, 5.74) is 2.65. The normalized spacial score (nSPS) is 17.9. The first kappa shape index (κ1) is 13.8. The summed E-state index contributed by atoms with van der Waals surface area (Å²) in [6.45, 7) is 0.724. The van der Waals surface area contributed by atoms with Crippen LogP contribution in [0, 0.1) is 0 Å². The lowest BCUT2D eigenvalue weighted by Gasteiger charge is -2.17. The minimum Gasteiger partial charge on any atom is -0.373 e. The Morgan fingerprint density at radius 3 is 2.87 bits per heavy atom. The maximum atomic E-state index is 12.7. The van der Waals surface area contributed by atoms with Crippen LogP contribution in [0.3, 0.4) is 0 Å². The number of nitrogens with zero attached hydrogens (tertiary/aromatic N) is 4. The Bertz CT molecular complexity index is 858. The molecule has 1 aliphatic heterocycles. The molecular weight excluding hydrogens is 290 g/mol. The number of benzene rings is 1. The number of amides is 1. The second kappa shape index (κ2) is 5.39. The van der Waals surface area contributed by atoms with Crippen LogP contribution in [-0.2, 0) is 11.8 Å². The van der Waals surface area contributed by atoms with E-state index in [0.717, 1.165) is 35.4 Å². The summed E-state index contributed by atoms with van der Waals surface area (Å²) < 4.78 is 1.73. The smallest absolute Gasteiger partial charge is 0.249 e. The van der Waals surface area contributed by atoms with Crippen molar-refractivity contribution in [2.75, 3.05) is 16.8 Å². The Labute approximate surface area is 133 Å². The number of aromatic nitrogens is 3. The van der Waals surface area contributed by atoms with E-state index in [2.05, 4.69) is 15.4 Å². The number of pyridine rings is 1. The van der Waals surface area contributed by atoms with Crippen LogP contribution < -0.4 is 10.2 Å². The molecular formula is C17H17N5O. The summed E-state index contributed by atoms with van der Waals surface area (Å²) in [5.74, 6) is 0.102. The fraction of sp³-hybridized carbons (Fsp3) is 0.235. The van der Waals surface area contributed by atoms with E-state index in [1.165, 1.54) is 0 Å². The minimum atomic E-state index is -0.221. The van der Waals surface area contributed by atoms with Gasteiger partial charge in [-0.1, -0.05) is 18.2 Å². The Balaban J connectivity index is 1.59. The third-order valence-corrected chi connectivity index (χ3v) is 4.24. The highest BCUT2D eigenvalue weighted by Gasteiger charge is 2.32. The number of hydrogen-bond donors (Lipinski definition) is 1. The fourth-order valence-electron chi connectivity index (χ4n) is 3.04. The van der Waals surface area contributed by atoms with Crippen molar-refractivity contribution in [2.24, 2.45) is 7.05 Å². The highest BCUT2D eigenvalue weighted by atomic mass is 16.2. The van der Waals surface area contributed by atoms with Crippen LogP contribution >= 0.6 is 0 Å². The van der Waals surface area contributed by atoms with Crippen molar-refractivity contribution < 1.29 is 4.79 Å². The molecule has 0 spiro atoms. The third kappa shape index (κ3) is 2.32. The third-order valence-electron chi connectivity index (χ3n) is 4.24. The molecule has 1 aliphatic rings.